The van der Waals surface area contributed by atoms with Gasteiger partial charge in [-0.25, -0.2) is 0 Å². The third kappa shape index (κ3) is 20.9. The molecule has 2 saturated carbocycles. The highest BCUT2D eigenvalue weighted by Crippen LogP contribution is 2.46. The van der Waals surface area contributed by atoms with E-state index in [1.54, 1.807) is 13.8 Å². The number of hydrogen-bond acceptors (Lipinski definition) is 4. The van der Waals surface area contributed by atoms with Gasteiger partial charge in [-0.3, -0.25) is 19.2 Å². The molecule has 0 saturated heterocycles. The SMILES string of the molecule is C.CC(=O)C(C)(C)CC(C)(C)C.CC(C)(C)C1CCCCC1C(=O)O.CC(C)(C)CC1(C(=O)O)CCCC1.CCC(CC)(CC(C)(C)C)C(C)=O. The Hall–Kier alpha value is -1.72. The number of carbonyl (C=O) groups is 4. The van der Waals surface area contributed by atoms with Gasteiger partial charge in [-0.2, -0.15) is 0 Å². The molecule has 2 rings (SSSR count). The Bertz CT molecular complexity index is 1020. The van der Waals surface area contributed by atoms with E-state index in [4.69, 9.17) is 5.11 Å². The molecule has 0 aliphatic heterocycles. The van der Waals surface area contributed by atoms with Crippen LogP contribution in [-0.4, -0.2) is 33.7 Å². The molecule has 0 aromatic carbocycles. The summed E-state index contributed by atoms with van der Waals surface area (Å²) < 4.78 is 0. The summed E-state index contributed by atoms with van der Waals surface area (Å²) in [5.41, 5.74) is 0.133. The predicted molar refractivity (Wildman–Crippen MR) is 218 cm³/mol. The fourth-order valence-corrected chi connectivity index (χ4v) is 8.58. The number of carboxylic acid groups (broad SMARTS) is 2. The fraction of sp³-hybridized carbons (Fsp3) is 0.911. The van der Waals surface area contributed by atoms with E-state index in [1.807, 2.05) is 13.8 Å². The zero-order valence-corrected chi connectivity index (χ0v) is 36.4. The lowest BCUT2D eigenvalue weighted by atomic mass is 9.66. The average Bonchev–Trinajstić information content (AvgIpc) is 3.39. The molecule has 2 atom stereocenters. The normalized spacial score (nSPS) is 19.4. The summed E-state index contributed by atoms with van der Waals surface area (Å²) in [6.07, 6.45) is 12.9. The van der Waals surface area contributed by atoms with Crippen molar-refractivity contribution in [2.24, 2.45) is 49.7 Å². The number of Topliss-reactive ketones (excluding diaryl/α,β-unsaturated/α-hetero) is 2. The van der Waals surface area contributed by atoms with Gasteiger partial charge in [0.05, 0.1) is 11.3 Å². The second-order valence-electron chi connectivity index (χ2n) is 21.2. The quantitative estimate of drug-likeness (QED) is 0.245. The first-order chi connectivity index (χ1) is 22.2. The molecular formula is C45H88O6. The Kier molecular flexibility index (Phi) is 22.3. The van der Waals surface area contributed by atoms with Crippen molar-refractivity contribution in [3.8, 4) is 0 Å². The topological polar surface area (TPSA) is 109 Å². The van der Waals surface area contributed by atoms with Crippen LogP contribution in [0.5, 0.6) is 0 Å². The second-order valence-corrected chi connectivity index (χ2v) is 21.2. The van der Waals surface area contributed by atoms with Crippen molar-refractivity contribution < 1.29 is 29.4 Å². The summed E-state index contributed by atoms with van der Waals surface area (Å²) in [5, 5.41) is 18.3. The molecule has 2 N–H and O–H groups in total. The summed E-state index contributed by atoms with van der Waals surface area (Å²) >= 11 is 0. The second kappa shape index (κ2) is 21.2. The van der Waals surface area contributed by atoms with Crippen LogP contribution in [0.3, 0.4) is 0 Å². The van der Waals surface area contributed by atoms with Gasteiger partial charge < -0.3 is 10.2 Å². The van der Waals surface area contributed by atoms with Gasteiger partial charge in [-0.1, -0.05) is 144 Å². The van der Waals surface area contributed by atoms with E-state index in [9.17, 15) is 24.3 Å². The first-order valence-electron chi connectivity index (χ1n) is 19.7. The summed E-state index contributed by atoms with van der Waals surface area (Å²) in [4.78, 5) is 45.0. The van der Waals surface area contributed by atoms with Crippen LogP contribution in [0.25, 0.3) is 0 Å². The molecule has 0 bridgehead atoms. The lowest BCUT2D eigenvalue weighted by molar-refractivity contribution is -0.150. The van der Waals surface area contributed by atoms with Crippen LogP contribution in [0.2, 0.25) is 0 Å². The lowest BCUT2D eigenvalue weighted by Gasteiger charge is -2.38. The van der Waals surface area contributed by atoms with E-state index < -0.39 is 17.4 Å². The van der Waals surface area contributed by atoms with Gasteiger partial charge in [0.1, 0.15) is 11.6 Å². The fourth-order valence-electron chi connectivity index (χ4n) is 8.58. The maximum Gasteiger partial charge on any atom is 0.309 e. The van der Waals surface area contributed by atoms with E-state index >= 15 is 0 Å². The molecule has 0 amide bonds. The van der Waals surface area contributed by atoms with Crippen molar-refractivity contribution in [1.29, 1.82) is 0 Å². The van der Waals surface area contributed by atoms with Crippen LogP contribution in [0.1, 0.15) is 216 Å². The van der Waals surface area contributed by atoms with Crippen LogP contribution in [0.15, 0.2) is 0 Å². The van der Waals surface area contributed by atoms with Crippen LogP contribution in [0.4, 0.5) is 0 Å². The molecule has 2 fully saturated rings. The summed E-state index contributed by atoms with van der Waals surface area (Å²) in [7, 11) is 0. The third-order valence-corrected chi connectivity index (χ3v) is 11.0. The van der Waals surface area contributed by atoms with Crippen LogP contribution >= 0.6 is 0 Å². The Labute approximate surface area is 317 Å². The molecule has 2 aliphatic carbocycles. The van der Waals surface area contributed by atoms with Gasteiger partial charge >= 0.3 is 11.9 Å². The van der Waals surface area contributed by atoms with Crippen molar-refractivity contribution in [2.45, 2.75) is 216 Å². The lowest BCUT2D eigenvalue weighted by Crippen LogP contribution is -2.35. The maximum absolute atomic E-state index is 11.6. The van der Waals surface area contributed by atoms with Crippen molar-refractivity contribution in [1.82, 2.24) is 0 Å². The number of rotatable bonds is 9. The first-order valence-corrected chi connectivity index (χ1v) is 19.7. The van der Waals surface area contributed by atoms with Crippen molar-refractivity contribution in [3.63, 3.8) is 0 Å². The Morgan fingerprint density at radius 2 is 1.02 bits per heavy atom. The third-order valence-electron chi connectivity index (χ3n) is 11.0. The minimum atomic E-state index is -0.598. The predicted octanol–water partition coefficient (Wildman–Crippen LogP) is 13.5. The Morgan fingerprint density at radius 3 is 1.24 bits per heavy atom. The molecule has 304 valence electrons. The Balaban J connectivity index is -0.000000600. The monoisotopic (exact) mass is 725 g/mol. The van der Waals surface area contributed by atoms with Gasteiger partial charge in [0.15, 0.2) is 0 Å². The molecular weight excluding hydrogens is 636 g/mol. The Morgan fingerprint density at radius 1 is 0.608 bits per heavy atom. The highest BCUT2D eigenvalue weighted by atomic mass is 16.4. The summed E-state index contributed by atoms with van der Waals surface area (Å²) in [5.74, 6) is -0.285. The number of aliphatic carboxylic acids is 2. The minimum Gasteiger partial charge on any atom is -0.481 e. The molecule has 0 aromatic rings. The number of hydrogen-bond donors (Lipinski definition) is 2. The van der Waals surface area contributed by atoms with E-state index in [-0.39, 0.29) is 51.6 Å². The molecule has 6 nitrogen and oxygen atoms in total. The van der Waals surface area contributed by atoms with E-state index in [1.165, 1.54) is 6.42 Å². The van der Waals surface area contributed by atoms with Gasteiger partial charge in [-0.05, 0) is 99.2 Å². The largest absolute Gasteiger partial charge is 0.481 e. The van der Waals surface area contributed by atoms with Crippen molar-refractivity contribution >= 4 is 23.5 Å². The molecule has 6 heteroatoms. The number of ketones is 2. The van der Waals surface area contributed by atoms with Crippen LogP contribution in [0, 0.1) is 49.7 Å². The summed E-state index contributed by atoms with van der Waals surface area (Å²) in [6, 6.07) is 0. The zero-order chi connectivity index (χ0) is 40.2. The molecule has 0 heterocycles. The van der Waals surface area contributed by atoms with Gasteiger partial charge in [0.2, 0.25) is 0 Å². The van der Waals surface area contributed by atoms with Crippen LogP contribution < -0.4 is 0 Å². The average molecular weight is 725 g/mol. The van der Waals surface area contributed by atoms with Crippen molar-refractivity contribution in [3.05, 3.63) is 0 Å². The maximum atomic E-state index is 11.6. The smallest absolute Gasteiger partial charge is 0.309 e. The molecule has 2 aliphatic rings. The standard InChI is InChI=1S/C12H24O.2C11H20O2.C10H20O.CH4/c1-7-12(8-2,10(3)13)9-11(4,5)6;1-10(2,3)8-11(9(12)13)6-4-5-7-11;1-11(2,3)9-7-5-4-6-8(9)10(12)13;1-8(11)10(5,6)7-9(2,3)4;/h7-9H2,1-6H3;4-8H2,1-3H3,(H,12,13);8-9H,4-7H2,1-3H3,(H,12,13);7H2,1-6H3;1H4. The molecule has 0 aromatic heterocycles. The highest BCUT2D eigenvalue weighted by molar-refractivity contribution is 5.82. The number of carbonyl (C=O) groups excluding carboxylic acids is 2. The number of carboxylic acids is 2. The molecule has 0 radical (unpaired) electrons. The summed E-state index contributed by atoms with van der Waals surface area (Å²) in [6.45, 7) is 37.6. The highest BCUT2D eigenvalue weighted by Gasteiger charge is 2.44. The van der Waals surface area contributed by atoms with E-state index in [0.717, 1.165) is 77.0 Å². The molecule has 0 spiro atoms. The zero-order valence-electron chi connectivity index (χ0n) is 36.4. The molecule has 2 unspecified atom stereocenters. The van der Waals surface area contributed by atoms with Gasteiger partial charge in [-0.15, -0.1) is 0 Å². The minimum absolute atomic E-state index is 0. The van der Waals surface area contributed by atoms with Crippen molar-refractivity contribution in [2.75, 3.05) is 0 Å². The van der Waals surface area contributed by atoms with Gasteiger partial charge in [0, 0.05) is 10.8 Å². The van der Waals surface area contributed by atoms with Gasteiger partial charge in [0.25, 0.3) is 0 Å². The van der Waals surface area contributed by atoms with E-state index in [2.05, 4.69) is 96.9 Å². The molecule has 51 heavy (non-hydrogen) atoms. The van der Waals surface area contributed by atoms with E-state index in [0.29, 0.717) is 11.7 Å². The van der Waals surface area contributed by atoms with Crippen LogP contribution in [-0.2, 0) is 19.2 Å². The first kappa shape index (κ1) is 53.6.